The fraction of sp³-hybridized carbons (Fsp3) is 0.353. The van der Waals surface area contributed by atoms with E-state index in [0.29, 0.717) is 28.6 Å². The highest BCUT2D eigenvalue weighted by molar-refractivity contribution is 7.21. The van der Waals surface area contributed by atoms with Crippen molar-refractivity contribution in [2.24, 2.45) is 5.92 Å². The van der Waals surface area contributed by atoms with Crippen molar-refractivity contribution in [1.29, 1.82) is 0 Å². The number of anilines is 3. The van der Waals surface area contributed by atoms with Crippen LogP contribution in [0.5, 0.6) is 0 Å². The van der Waals surface area contributed by atoms with E-state index in [-0.39, 0.29) is 23.6 Å². The Kier molecular flexibility index (Phi) is 5.75. The lowest BCUT2D eigenvalue weighted by molar-refractivity contribution is 0.217. The second-order valence-corrected chi connectivity index (χ2v) is 7.40. The maximum atomic E-state index is 9.33. The number of benzene rings is 1. The van der Waals surface area contributed by atoms with E-state index in [0.717, 1.165) is 23.1 Å². The summed E-state index contributed by atoms with van der Waals surface area (Å²) in [6.45, 7) is 2.85. The van der Waals surface area contributed by atoms with Gasteiger partial charge in [-0.15, -0.1) is 11.3 Å². The number of nitrogen functional groups attached to an aromatic ring is 2. The molecule has 0 fully saturated rings. The topological polar surface area (TPSA) is 123 Å². The van der Waals surface area contributed by atoms with Crippen molar-refractivity contribution in [3.05, 3.63) is 23.4 Å². The highest BCUT2D eigenvalue weighted by atomic mass is 35.5. The Hall–Kier alpha value is -2.16. The maximum absolute atomic E-state index is 9.33. The molecule has 26 heavy (non-hydrogen) atoms. The van der Waals surface area contributed by atoms with E-state index in [1.807, 2.05) is 18.2 Å². The summed E-state index contributed by atoms with van der Waals surface area (Å²) in [5, 5.41) is 13.5. The van der Waals surface area contributed by atoms with Gasteiger partial charge in [0.25, 0.3) is 0 Å². The van der Waals surface area contributed by atoms with E-state index in [1.165, 1.54) is 11.3 Å². The normalized spacial score (nSPS) is 12.4. The molecule has 3 aromatic rings. The first-order chi connectivity index (χ1) is 12.5. The van der Waals surface area contributed by atoms with Gasteiger partial charge >= 0.3 is 0 Å². The van der Waals surface area contributed by atoms with Crippen LogP contribution >= 0.6 is 22.9 Å². The number of rotatable bonds is 7. The summed E-state index contributed by atoms with van der Waals surface area (Å²) < 4.78 is 0.999. The lowest BCUT2D eigenvalue weighted by atomic mass is 10.0. The molecule has 0 spiro atoms. The summed E-state index contributed by atoms with van der Waals surface area (Å²) in [5.41, 5.74) is 13.7. The third-order valence-corrected chi connectivity index (χ3v) is 5.52. The predicted molar refractivity (Wildman–Crippen MR) is 108 cm³/mol. The van der Waals surface area contributed by atoms with Gasteiger partial charge in [0, 0.05) is 18.8 Å². The van der Waals surface area contributed by atoms with Crippen molar-refractivity contribution >= 4 is 50.6 Å². The third kappa shape index (κ3) is 3.98. The number of hydrogen-bond acceptors (Lipinski definition) is 8. The molecule has 0 amide bonds. The number of nitrogens with one attached hydrogen (secondary N) is 1. The Morgan fingerprint density at radius 2 is 2.08 bits per heavy atom. The van der Waals surface area contributed by atoms with Gasteiger partial charge in [0.2, 0.25) is 5.95 Å². The molecule has 1 aromatic carbocycles. The average Bonchev–Trinajstić information content (AvgIpc) is 3.00. The quantitative estimate of drug-likeness (QED) is 0.359. The van der Waals surface area contributed by atoms with Crippen molar-refractivity contribution in [2.45, 2.75) is 19.8 Å². The van der Waals surface area contributed by atoms with Gasteiger partial charge in [-0.05, 0) is 30.5 Å². The van der Waals surface area contributed by atoms with Crippen LogP contribution in [0, 0.1) is 5.92 Å². The van der Waals surface area contributed by atoms with E-state index in [9.17, 15) is 5.11 Å². The molecule has 138 valence electrons. The lowest BCUT2D eigenvalue weighted by Gasteiger charge is -2.14. The minimum atomic E-state index is 0.0980. The molecule has 0 aliphatic heterocycles. The number of aliphatic hydroxyl groups excluding tert-OH is 1. The number of nitrogens with two attached hydrogens (primary N) is 2. The molecule has 0 aliphatic rings. The SMILES string of the molecule is CCC(CO)CCNc1nc(N)nc(Cl)c1-c1nc2cc(N)ccc2s1. The number of halogens is 1. The summed E-state index contributed by atoms with van der Waals surface area (Å²) in [6, 6.07) is 5.59. The smallest absolute Gasteiger partial charge is 0.223 e. The highest BCUT2D eigenvalue weighted by Crippen LogP contribution is 2.38. The van der Waals surface area contributed by atoms with E-state index < -0.39 is 0 Å². The van der Waals surface area contributed by atoms with E-state index in [4.69, 9.17) is 23.1 Å². The van der Waals surface area contributed by atoms with E-state index in [2.05, 4.69) is 27.2 Å². The van der Waals surface area contributed by atoms with Crippen molar-refractivity contribution in [3.63, 3.8) is 0 Å². The molecular weight excluding hydrogens is 372 g/mol. The third-order valence-electron chi connectivity index (χ3n) is 4.19. The van der Waals surface area contributed by atoms with Crippen LogP contribution in [-0.4, -0.2) is 33.2 Å². The molecule has 6 N–H and O–H groups in total. The number of hydrogen-bond donors (Lipinski definition) is 4. The minimum Gasteiger partial charge on any atom is -0.399 e. The number of fused-ring (bicyclic) bond motifs is 1. The lowest BCUT2D eigenvalue weighted by Crippen LogP contribution is -2.13. The molecule has 3 rings (SSSR count). The Labute approximate surface area is 160 Å². The molecule has 2 aromatic heterocycles. The van der Waals surface area contributed by atoms with Gasteiger partial charge in [-0.1, -0.05) is 24.9 Å². The summed E-state index contributed by atoms with van der Waals surface area (Å²) in [6.07, 6.45) is 1.72. The molecule has 1 atom stereocenters. The van der Waals surface area contributed by atoms with Crippen LogP contribution in [0.1, 0.15) is 19.8 Å². The van der Waals surface area contributed by atoms with Crippen LogP contribution in [0.2, 0.25) is 5.15 Å². The predicted octanol–water partition coefficient (Wildman–Crippen LogP) is 3.39. The van der Waals surface area contributed by atoms with Crippen LogP contribution in [0.4, 0.5) is 17.5 Å². The Balaban J connectivity index is 1.94. The van der Waals surface area contributed by atoms with Crippen LogP contribution in [0.3, 0.4) is 0 Å². The number of thiazole rings is 1. The molecule has 0 aliphatic carbocycles. The van der Waals surface area contributed by atoms with Gasteiger partial charge in [0.1, 0.15) is 16.0 Å². The summed E-state index contributed by atoms with van der Waals surface area (Å²) >= 11 is 7.85. The molecule has 0 bridgehead atoms. The average molecular weight is 393 g/mol. The Morgan fingerprint density at radius 1 is 1.27 bits per heavy atom. The monoisotopic (exact) mass is 392 g/mol. The van der Waals surface area contributed by atoms with Crippen molar-refractivity contribution in [2.75, 3.05) is 29.9 Å². The van der Waals surface area contributed by atoms with Crippen LogP contribution in [0.15, 0.2) is 18.2 Å². The van der Waals surface area contributed by atoms with Crippen LogP contribution in [-0.2, 0) is 0 Å². The van der Waals surface area contributed by atoms with Gasteiger partial charge in [0.05, 0.1) is 15.8 Å². The molecule has 0 saturated carbocycles. The molecule has 0 radical (unpaired) electrons. The van der Waals surface area contributed by atoms with Crippen molar-refractivity contribution in [1.82, 2.24) is 15.0 Å². The van der Waals surface area contributed by atoms with E-state index in [1.54, 1.807) is 0 Å². The number of aliphatic hydroxyl groups is 1. The van der Waals surface area contributed by atoms with Gasteiger partial charge in [-0.2, -0.15) is 4.98 Å². The Bertz CT molecular complexity index is 912. The second kappa shape index (κ2) is 8.03. The molecule has 2 heterocycles. The zero-order valence-electron chi connectivity index (χ0n) is 14.4. The largest absolute Gasteiger partial charge is 0.399 e. The van der Waals surface area contributed by atoms with Crippen LogP contribution < -0.4 is 16.8 Å². The Morgan fingerprint density at radius 3 is 2.81 bits per heavy atom. The van der Waals surface area contributed by atoms with E-state index >= 15 is 0 Å². The summed E-state index contributed by atoms with van der Waals surface area (Å²) in [5.74, 6) is 0.883. The van der Waals surface area contributed by atoms with Gasteiger partial charge in [-0.25, -0.2) is 9.97 Å². The van der Waals surface area contributed by atoms with Gasteiger partial charge in [0.15, 0.2) is 0 Å². The van der Waals surface area contributed by atoms with Gasteiger partial charge < -0.3 is 21.9 Å². The first-order valence-corrected chi connectivity index (χ1v) is 9.55. The molecular formula is C17H21ClN6OS. The number of nitrogens with zero attached hydrogens (tertiary/aromatic N) is 3. The zero-order chi connectivity index (χ0) is 18.7. The minimum absolute atomic E-state index is 0.0980. The first kappa shape index (κ1) is 18.6. The summed E-state index contributed by atoms with van der Waals surface area (Å²) in [4.78, 5) is 13.0. The first-order valence-electron chi connectivity index (χ1n) is 8.36. The fourth-order valence-corrected chi connectivity index (χ4v) is 3.95. The highest BCUT2D eigenvalue weighted by Gasteiger charge is 2.18. The fourth-order valence-electron chi connectivity index (χ4n) is 2.64. The summed E-state index contributed by atoms with van der Waals surface area (Å²) in [7, 11) is 0. The molecule has 9 heteroatoms. The van der Waals surface area contributed by atoms with Crippen molar-refractivity contribution in [3.8, 4) is 10.6 Å². The second-order valence-electron chi connectivity index (χ2n) is 6.01. The zero-order valence-corrected chi connectivity index (χ0v) is 15.9. The van der Waals surface area contributed by atoms with Crippen LogP contribution in [0.25, 0.3) is 20.8 Å². The maximum Gasteiger partial charge on any atom is 0.223 e. The molecule has 0 saturated heterocycles. The van der Waals surface area contributed by atoms with Gasteiger partial charge in [-0.3, -0.25) is 0 Å². The molecule has 1 unspecified atom stereocenters. The standard InChI is InChI=1S/C17H21ClN6OS/c1-2-9(8-25)5-6-21-15-13(14(18)23-17(20)24-15)16-22-11-7-10(19)3-4-12(11)26-16/h3-4,7,9,25H,2,5-6,8,19H2,1H3,(H3,20,21,23,24). The number of aromatic nitrogens is 3. The van der Waals surface area contributed by atoms with Crippen molar-refractivity contribution < 1.29 is 5.11 Å². The molecule has 7 nitrogen and oxygen atoms in total.